The first-order valence-electron chi connectivity index (χ1n) is 4.72. The monoisotopic (exact) mass is 455 g/mol. The number of likely N-dealkylation sites (N-methyl/N-ethyl adjacent to an activating group) is 1. The SMILES string of the molecule is CN(CCOC(=O)CI)CCOC(=O)CI. The van der Waals surface area contributed by atoms with E-state index in [0.29, 0.717) is 35.2 Å². The van der Waals surface area contributed by atoms with Gasteiger partial charge in [0, 0.05) is 13.1 Å². The van der Waals surface area contributed by atoms with Crippen molar-refractivity contribution in [1.82, 2.24) is 4.90 Å². The van der Waals surface area contributed by atoms with Crippen molar-refractivity contribution in [2.24, 2.45) is 0 Å². The highest BCUT2D eigenvalue weighted by atomic mass is 127. The van der Waals surface area contributed by atoms with E-state index in [1.165, 1.54) is 0 Å². The van der Waals surface area contributed by atoms with Crippen LogP contribution in [0.15, 0.2) is 0 Å². The minimum Gasteiger partial charge on any atom is -0.464 e. The Morgan fingerprint density at radius 3 is 1.69 bits per heavy atom. The van der Waals surface area contributed by atoms with E-state index in [1.54, 1.807) is 0 Å². The van der Waals surface area contributed by atoms with Crippen LogP contribution in [0.5, 0.6) is 0 Å². The van der Waals surface area contributed by atoms with Crippen molar-refractivity contribution in [3.05, 3.63) is 0 Å². The third-order valence-electron chi connectivity index (χ3n) is 1.69. The smallest absolute Gasteiger partial charge is 0.315 e. The topological polar surface area (TPSA) is 55.8 Å². The van der Waals surface area contributed by atoms with Crippen LogP contribution >= 0.6 is 45.2 Å². The molecular formula is C9H15I2NO4. The van der Waals surface area contributed by atoms with E-state index in [0.717, 1.165) is 0 Å². The second-order valence-electron chi connectivity index (χ2n) is 3.01. The molecule has 0 aromatic carbocycles. The number of hydrogen-bond acceptors (Lipinski definition) is 5. The van der Waals surface area contributed by atoms with E-state index in [1.807, 2.05) is 57.1 Å². The van der Waals surface area contributed by atoms with Crippen LogP contribution in [-0.4, -0.2) is 59.0 Å². The molecule has 0 N–H and O–H groups in total. The van der Waals surface area contributed by atoms with Crippen molar-refractivity contribution in [1.29, 1.82) is 0 Å². The van der Waals surface area contributed by atoms with Crippen molar-refractivity contribution in [3.8, 4) is 0 Å². The zero-order valence-electron chi connectivity index (χ0n) is 9.08. The first kappa shape index (κ1) is 16.4. The zero-order valence-corrected chi connectivity index (χ0v) is 13.4. The summed E-state index contributed by atoms with van der Waals surface area (Å²) in [6, 6.07) is 0. The summed E-state index contributed by atoms with van der Waals surface area (Å²) in [5.41, 5.74) is 0. The van der Waals surface area contributed by atoms with E-state index >= 15 is 0 Å². The molecular weight excluding hydrogens is 440 g/mol. The maximum absolute atomic E-state index is 10.8. The van der Waals surface area contributed by atoms with Crippen molar-refractivity contribution in [2.45, 2.75) is 0 Å². The fourth-order valence-corrected chi connectivity index (χ4v) is 1.26. The van der Waals surface area contributed by atoms with Gasteiger partial charge in [0.2, 0.25) is 0 Å². The summed E-state index contributed by atoms with van der Waals surface area (Å²) in [5, 5.41) is 0. The molecule has 0 heterocycles. The van der Waals surface area contributed by atoms with Crippen LogP contribution in [0.25, 0.3) is 0 Å². The summed E-state index contributed by atoms with van der Waals surface area (Å²) < 4.78 is 10.6. The van der Waals surface area contributed by atoms with E-state index in [-0.39, 0.29) is 11.9 Å². The third-order valence-corrected chi connectivity index (χ3v) is 2.94. The number of ether oxygens (including phenoxy) is 2. The average molecular weight is 455 g/mol. The van der Waals surface area contributed by atoms with Crippen LogP contribution < -0.4 is 0 Å². The lowest BCUT2D eigenvalue weighted by Crippen LogP contribution is -2.28. The molecule has 0 aliphatic rings. The van der Waals surface area contributed by atoms with E-state index in [9.17, 15) is 9.59 Å². The van der Waals surface area contributed by atoms with Crippen LogP contribution in [0, 0.1) is 0 Å². The minimum atomic E-state index is -0.203. The predicted molar refractivity (Wildman–Crippen MR) is 77.2 cm³/mol. The Morgan fingerprint density at radius 2 is 1.38 bits per heavy atom. The van der Waals surface area contributed by atoms with Crippen molar-refractivity contribution in [2.75, 3.05) is 42.2 Å². The van der Waals surface area contributed by atoms with Crippen molar-refractivity contribution >= 4 is 57.1 Å². The average Bonchev–Trinajstić information content (AvgIpc) is 2.28. The van der Waals surface area contributed by atoms with Gasteiger partial charge in [-0.3, -0.25) is 14.5 Å². The number of alkyl halides is 2. The van der Waals surface area contributed by atoms with Gasteiger partial charge in [-0.05, 0) is 7.05 Å². The summed E-state index contributed by atoms with van der Waals surface area (Å²) in [7, 11) is 1.88. The second kappa shape index (κ2) is 10.5. The molecule has 0 bridgehead atoms. The Hall–Kier alpha value is 0.360. The largest absolute Gasteiger partial charge is 0.464 e. The van der Waals surface area contributed by atoms with Gasteiger partial charge in [-0.25, -0.2) is 0 Å². The number of hydrogen-bond donors (Lipinski definition) is 0. The number of rotatable bonds is 8. The van der Waals surface area contributed by atoms with Crippen LogP contribution in [0.4, 0.5) is 0 Å². The fraction of sp³-hybridized carbons (Fsp3) is 0.778. The molecule has 0 aliphatic heterocycles. The van der Waals surface area contributed by atoms with Crippen LogP contribution in [0.1, 0.15) is 0 Å². The molecule has 0 atom stereocenters. The molecule has 16 heavy (non-hydrogen) atoms. The van der Waals surface area contributed by atoms with Gasteiger partial charge in [0.1, 0.15) is 13.2 Å². The quantitative estimate of drug-likeness (QED) is 0.309. The van der Waals surface area contributed by atoms with Crippen LogP contribution in [0.3, 0.4) is 0 Å². The first-order valence-corrected chi connectivity index (χ1v) is 7.77. The first-order chi connectivity index (χ1) is 7.60. The number of carbonyl (C=O) groups is 2. The lowest BCUT2D eigenvalue weighted by atomic mass is 10.5. The molecule has 0 saturated carbocycles. The molecule has 0 unspecified atom stereocenters. The molecule has 0 fully saturated rings. The van der Waals surface area contributed by atoms with Gasteiger partial charge in [-0.1, -0.05) is 45.2 Å². The lowest BCUT2D eigenvalue weighted by molar-refractivity contribution is -0.140. The Bertz CT molecular complexity index is 204. The Balaban J connectivity index is 3.41. The summed E-state index contributed by atoms with van der Waals surface area (Å²) in [6.45, 7) is 2.03. The maximum atomic E-state index is 10.8. The van der Waals surface area contributed by atoms with Crippen LogP contribution in [0.2, 0.25) is 0 Å². The van der Waals surface area contributed by atoms with Gasteiger partial charge in [-0.15, -0.1) is 0 Å². The van der Waals surface area contributed by atoms with Crippen molar-refractivity contribution < 1.29 is 19.1 Å². The Morgan fingerprint density at radius 1 is 1.00 bits per heavy atom. The highest BCUT2D eigenvalue weighted by Crippen LogP contribution is 1.90. The third kappa shape index (κ3) is 9.58. The van der Waals surface area contributed by atoms with Gasteiger partial charge in [0.15, 0.2) is 0 Å². The molecule has 0 spiro atoms. The van der Waals surface area contributed by atoms with Gasteiger partial charge in [-0.2, -0.15) is 0 Å². The number of esters is 2. The highest BCUT2D eigenvalue weighted by molar-refractivity contribution is 14.1. The van der Waals surface area contributed by atoms with Gasteiger partial charge < -0.3 is 9.47 Å². The summed E-state index contributed by atoms with van der Waals surface area (Å²) in [6.07, 6.45) is 0. The molecule has 0 rings (SSSR count). The summed E-state index contributed by atoms with van der Waals surface area (Å²) in [4.78, 5) is 23.6. The van der Waals surface area contributed by atoms with Gasteiger partial charge in [0.25, 0.3) is 0 Å². The van der Waals surface area contributed by atoms with Crippen LogP contribution in [-0.2, 0) is 19.1 Å². The van der Waals surface area contributed by atoms with Gasteiger partial charge in [0.05, 0.1) is 8.86 Å². The highest BCUT2D eigenvalue weighted by Gasteiger charge is 2.03. The molecule has 0 amide bonds. The number of halogens is 2. The molecule has 5 nitrogen and oxygen atoms in total. The number of carbonyl (C=O) groups excluding carboxylic acids is 2. The standard InChI is InChI=1S/C9H15I2NO4/c1-12(2-4-15-8(13)6-10)3-5-16-9(14)7-11/h2-7H2,1H3. The van der Waals surface area contributed by atoms with E-state index in [4.69, 9.17) is 9.47 Å². The molecule has 0 aromatic rings. The van der Waals surface area contributed by atoms with Crippen molar-refractivity contribution in [3.63, 3.8) is 0 Å². The van der Waals surface area contributed by atoms with Gasteiger partial charge >= 0.3 is 11.9 Å². The fourth-order valence-electron chi connectivity index (χ4n) is 0.820. The molecule has 0 saturated heterocycles. The normalized spacial score (nSPS) is 10.2. The molecule has 0 radical (unpaired) electrons. The summed E-state index contributed by atoms with van der Waals surface area (Å²) in [5.74, 6) is -0.407. The van der Waals surface area contributed by atoms with E-state index < -0.39 is 0 Å². The molecule has 7 heteroatoms. The minimum absolute atomic E-state index is 0.203. The zero-order chi connectivity index (χ0) is 12.4. The Labute approximate surface area is 122 Å². The molecule has 0 aromatic heterocycles. The molecule has 94 valence electrons. The molecule has 0 aliphatic carbocycles. The maximum Gasteiger partial charge on any atom is 0.315 e. The predicted octanol–water partition coefficient (Wildman–Crippen LogP) is 0.875. The second-order valence-corrected chi connectivity index (χ2v) is 4.54. The summed E-state index contributed by atoms with van der Waals surface area (Å²) >= 11 is 3.92. The Kier molecular flexibility index (Phi) is 10.7. The van der Waals surface area contributed by atoms with E-state index in [2.05, 4.69) is 0 Å². The lowest BCUT2D eigenvalue weighted by Gasteiger charge is -2.15. The number of nitrogens with zero attached hydrogens (tertiary/aromatic N) is 1.